The molecule has 0 unspecified atom stereocenters. The van der Waals surface area contributed by atoms with E-state index < -0.39 is 0 Å². The molecule has 2 aromatic carbocycles. The van der Waals surface area contributed by atoms with Gasteiger partial charge in [0.2, 0.25) is 5.91 Å². The number of para-hydroxylation sites is 1. The lowest BCUT2D eigenvalue weighted by molar-refractivity contribution is -0.117. The third kappa shape index (κ3) is 5.29. The molecule has 0 aromatic heterocycles. The summed E-state index contributed by atoms with van der Waals surface area (Å²) in [4.78, 5) is 12.2. The molecule has 23 heavy (non-hydrogen) atoms. The van der Waals surface area contributed by atoms with Crippen LogP contribution in [0.15, 0.2) is 60.7 Å². The zero-order valence-electron chi connectivity index (χ0n) is 13.9. The molecular weight excluding hydrogens is 286 g/mol. The molecule has 0 aliphatic carbocycles. The van der Waals surface area contributed by atoms with Crippen LogP contribution in [0.25, 0.3) is 6.08 Å². The van der Waals surface area contributed by atoms with Gasteiger partial charge in [0.05, 0.1) is 7.11 Å². The van der Waals surface area contributed by atoms with Gasteiger partial charge in [-0.2, -0.15) is 0 Å². The van der Waals surface area contributed by atoms with E-state index >= 15 is 0 Å². The fraction of sp³-hybridized carbons (Fsp3) is 0.250. The number of ether oxygens (including phenoxy) is 1. The van der Waals surface area contributed by atoms with Gasteiger partial charge in [-0.15, -0.1) is 0 Å². The van der Waals surface area contributed by atoms with Gasteiger partial charge in [0, 0.05) is 17.2 Å². The number of hydrogen-bond acceptors (Lipinski definition) is 2. The Hall–Kier alpha value is -2.55. The van der Waals surface area contributed by atoms with Crippen molar-refractivity contribution < 1.29 is 9.53 Å². The molecule has 3 nitrogen and oxygen atoms in total. The molecule has 0 fully saturated rings. The van der Waals surface area contributed by atoms with Crippen molar-refractivity contribution in [2.75, 3.05) is 7.11 Å². The van der Waals surface area contributed by atoms with E-state index in [0.29, 0.717) is 0 Å². The molecule has 2 rings (SSSR count). The van der Waals surface area contributed by atoms with Gasteiger partial charge in [-0.05, 0) is 38.0 Å². The van der Waals surface area contributed by atoms with Crippen molar-refractivity contribution in [1.29, 1.82) is 0 Å². The summed E-state index contributed by atoms with van der Waals surface area (Å²) in [6.45, 7) is 4.05. The first kappa shape index (κ1) is 16.8. The van der Waals surface area contributed by atoms with E-state index in [9.17, 15) is 4.79 Å². The summed E-state index contributed by atoms with van der Waals surface area (Å²) >= 11 is 0. The first-order valence-electron chi connectivity index (χ1n) is 7.67. The first-order chi connectivity index (χ1) is 11.0. The predicted molar refractivity (Wildman–Crippen MR) is 94.4 cm³/mol. The lowest BCUT2D eigenvalue weighted by atomic mass is 9.95. The highest BCUT2D eigenvalue weighted by Gasteiger charge is 2.19. The third-order valence-corrected chi connectivity index (χ3v) is 3.50. The van der Waals surface area contributed by atoms with Crippen molar-refractivity contribution in [3.8, 4) is 5.75 Å². The molecule has 1 amide bonds. The van der Waals surface area contributed by atoms with E-state index in [2.05, 4.69) is 17.4 Å². The van der Waals surface area contributed by atoms with E-state index in [1.165, 1.54) is 5.56 Å². The molecular formula is C20H23NO2. The maximum absolute atomic E-state index is 12.2. The minimum atomic E-state index is -0.316. The maximum Gasteiger partial charge on any atom is 0.244 e. The molecule has 2 aromatic rings. The van der Waals surface area contributed by atoms with Crippen LogP contribution in [0.4, 0.5) is 0 Å². The molecule has 120 valence electrons. The number of amides is 1. The summed E-state index contributed by atoms with van der Waals surface area (Å²) in [6.07, 6.45) is 4.10. The van der Waals surface area contributed by atoms with E-state index in [1.54, 1.807) is 19.3 Å². The smallest absolute Gasteiger partial charge is 0.244 e. The summed E-state index contributed by atoms with van der Waals surface area (Å²) < 4.78 is 5.27. The maximum atomic E-state index is 12.2. The van der Waals surface area contributed by atoms with Gasteiger partial charge < -0.3 is 10.1 Å². The Bertz CT molecular complexity index is 675. The zero-order chi connectivity index (χ0) is 16.7. The Labute approximate surface area is 138 Å². The minimum Gasteiger partial charge on any atom is -0.496 e. The molecule has 0 saturated heterocycles. The Kier molecular flexibility index (Phi) is 5.58. The Morgan fingerprint density at radius 2 is 1.74 bits per heavy atom. The minimum absolute atomic E-state index is 0.114. The van der Waals surface area contributed by atoms with Gasteiger partial charge >= 0.3 is 0 Å². The fourth-order valence-corrected chi connectivity index (χ4v) is 2.50. The highest BCUT2D eigenvalue weighted by molar-refractivity contribution is 5.92. The lowest BCUT2D eigenvalue weighted by Crippen LogP contribution is -2.44. The normalized spacial score (nSPS) is 11.4. The second kappa shape index (κ2) is 7.63. The summed E-state index contributed by atoms with van der Waals surface area (Å²) in [7, 11) is 1.62. The van der Waals surface area contributed by atoms with Crippen LogP contribution in [0.3, 0.4) is 0 Å². The highest BCUT2D eigenvalue weighted by Crippen LogP contribution is 2.18. The van der Waals surface area contributed by atoms with Crippen LogP contribution in [-0.4, -0.2) is 18.6 Å². The van der Waals surface area contributed by atoms with Crippen molar-refractivity contribution in [3.05, 3.63) is 71.8 Å². The van der Waals surface area contributed by atoms with Crippen LogP contribution in [0.5, 0.6) is 5.75 Å². The van der Waals surface area contributed by atoms with Gasteiger partial charge in [0.1, 0.15) is 5.75 Å². The standard InChI is InChI=1S/C20H23NO2/c1-20(2,15-16-9-5-4-6-10-16)21-19(22)14-13-17-11-7-8-12-18(17)23-3/h4-14H,15H2,1-3H3,(H,21,22)/b14-13+. The number of methoxy groups -OCH3 is 1. The van der Waals surface area contributed by atoms with Crippen molar-refractivity contribution in [3.63, 3.8) is 0 Å². The Morgan fingerprint density at radius 3 is 2.43 bits per heavy atom. The van der Waals surface area contributed by atoms with Gasteiger partial charge in [-0.3, -0.25) is 4.79 Å². The quantitative estimate of drug-likeness (QED) is 0.823. The molecule has 0 heterocycles. The van der Waals surface area contributed by atoms with E-state index in [0.717, 1.165) is 17.7 Å². The first-order valence-corrected chi connectivity index (χ1v) is 7.67. The highest BCUT2D eigenvalue weighted by atomic mass is 16.5. The van der Waals surface area contributed by atoms with E-state index in [4.69, 9.17) is 4.74 Å². The molecule has 0 aliphatic rings. The van der Waals surface area contributed by atoms with E-state index in [-0.39, 0.29) is 11.4 Å². The predicted octanol–water partition coefficient (Wildman–Crippen LogP) is 3.85. The fourth-order valence-electron chi connectivity index (χ4n) is 2.50. The molecule has 0 bridgehead atoms. The topological polar surface area (TPSA) is 38.3 Å². The number of benzene rings is 2. The summed E-state index contributed by atoms with van der Waals surface area (Å²) in [5.41, 5.74) is 1.77. The van der Waals surface area contributed by atoms with Crippen molar-refractivity contribution in [1.82, 2.24) is 5.32 Å². The zero-order valence-corrected chi connectivity index (χ0v) is 13.9. The van der Waals surface area contributed by atoms with Crippen LogP contribution in [-0.2, 0) is 11.2 Å². The molecule has 0 atom stereocenters. The van der Waals surface area contributed by atoms with Crippen LogP contribution in [0.1, 0.15) is 25.0 Å². The van der Waals surface area contributed by atoms with Gasteiger partial charge in [0.15, 0.2) is 0 Å². The van der Waals surface area contributed by atoms with Crippen LogP contribution < -0.4 is 10.1 Å². The van der Waals surface area contributed by atoms with E-state index in [1.807, 2.05) is 56.3 Å². The third-order valence-electron chi connectivity index (χ3n) is 3.50. The molecule has 0 spiro atoms. The number of nitrogens with one attached hydrogen (secondary N) is 1. The van der Waals surface area contributed by atoms with Gasteiger partial charge in [0.25, 0.3) is 0 Å². The molecule has 3 heteroatoms. The molecule has 0 radical (unpaired) electrons. The Morgan fingerprint density at radius 1 is 1.09 bits per heavy atom. The van der Waals surface area contributed by atoms with Crippen molar-refractivity contribution >= 4 is 12.0 Å². The number of carbonyl (C=O) groups is 1. The molecule has 0 saturated carbocycles. The van der Waals surface area contributed by atoms with Crippen LogP contribution >= 0.6 is 0 Å². The molecule has 0 aliphatic heterocycles. The summed E-state index contributed by atoms with van der Waals surface area (Å²) in [6, 6.07) is 17.7. The van der Waals surface area contributed by atoms with Crippen molar-refractivity contribution in [2.45, 2.75) is 25.8 Å². The average Bonchev–Trinajstić information content (AvgIpc) is 2.53. The lowest BCUT2D eigenvalue weighted by Gasteiger charge is -2.25. The SMILES string of the molecule is COc1ccccc1/C=C/C(=O)NC(C)(C)Cc1ccccc1. The van der Waals surface area contributed by atoms with Gasteiger partial charge in [-0.25, -0.2) is 0 Å². The largest absolute Gasteiger partial charge is 0.496 e. The summed E-state index contributed by atoms with van der Waals surface area (Å²) in [5, 5.41) is 3.05. The van der Waals surface area contributed by atoms with Crippen molar-refractivity contribution in [2.24, 2.45) is 0 Å². The second-order valence-corrected chi connectivity index (χ2v) is 6.11. The second-order valence-electron chi connectivity index (χ2n) is 6.11. The molecule has 1 N–H and O–H groups in total. The van der Waals surface area contributed by atoms with Crippen LogP contribution in [0, 0.1) is 0 Å². The van der Waals surface area contributed by atoms with Gasteiger partial charge in [-0.1, -0.05) is 48.5 Å². The van der Waals surface area contributed by atoms with Crippen LogP contribution in [0.2, 0.25) is 0 Å². The summed E-state index contributed by atoms with van der Waals surface area (Å²) in [5.74, 6) is 0.636. The number of rotatable bonds is 6. The number of carbonyl (C=O) groups excluding carboxylic acids is 1. The average molecular weight is 309 g/mol. The Balaban J connectivity index is 1.99. The monoisotopic (exact) mass is 309 g/mol. The number of hydrogen-bond donors (Lipinski definition) is 1.